The van der Waals surface area contributed by atoms with Crippen molar-refractivity contribution >= 4 is 41.1 Å². The number of carboxylic acid groups (broad SMARTS) is 1. The van der Waals surface area contributed by atoms with Gasteiger partial charge in [-0.25, -0.2) is 4.79 Å². The van der Waals surface area contributed by atoms with Gasteiger partial charge in [-0.1, -0.05) is 18.2 Å². The van der Waals surface area contributed by atoms with Gasteiger partial charge in [0.25, 0.3) is 5.91 Å². The Balaban J connectivity index is 1.51. The molecule has 0 atom stereocenters. The van der Waals surface area contributed by atoms with Gasteiger partial charge >= 0.3 is 5.97 Å². The number of nitrogens with one attached hydrogen (secondary N) is 1. The summed E-state index contributed by atoms with van der Waals surface area (Å²) in [5, 5.41) is 11.6. The van der Waals surface area contributed by atoms with Gasteiger partial charge in [-0.15, -0.1) is 23.5 Å². The molecular weight excluding hydrogens is 370 g/mol. The Morgan fingerprint density at radius 1 is 1.12 bits per heavy atom. The SMILES string of the molecule is O=C(COc1ccc(C2SCCCS2)cc1)Nc1cccc(C(=O)O)c1. The number of ether oxygens (including phenoxy) is 1. The molecular formula is C19H19NO4S2. The van der Waals surface area contributed by atoms with E-state index in [4.69, 9.17) is 9.84 Å². The third-order valence-corrected chi connectivity index (χ3v) is 6.76. The molecule has 2 aromatic rings. The number of carboxylic acids is 1. The minimum Gasteiger partial charge on any atom is -0.484 e. The number of aromatic carboxylic acids is 1. The molecule has 0 saturated carbocycles. The fourth-order valence-corrected chi connectivity index (χ4v) is 5.37. The zero-order valence-electron chi connectivity index (χ0n) is 14.0. The van der Waals surface area contributed by atoms with Gasteiger partial charge in [0.2, 0.25) is 0 Å². The van der Waals surface area contributed by atoms with Crippen LogP contribution in [0.3, 0.4) is 0 Å². The molecule has 1 fully saturated rings. The number of rotatable bonds is 6. The van der Waals surface area contributed by atoms with Crippen molar-refractivity contribution in [3.8, 4) is 5.75 Å². The Morgan fingerprint density at radius 3 is 2.54 bits per heavy atom. The molecule has 7 heteroatoms. The molecule has 0 aliphatic carbocycles. The standard InChI is InChI=1S/C19H19NO4S2/c21-17(20-15-4-1-3-14(11-15)18(22)23)12-24-16-7-5-13(6-8-16)19-25-9-2-10-26-19/h1,3-8,11,19H,2,9-10,12H2,(H,20,21)(H,22,23). The van der Waals surface area contributed by atoms with Crippen LogP contribution in [-0.2, 0) is 4.79 Å². The van der Waals surface area contributed by atoms with Crippen LogP contribution < -0.4 is 10.1 Å². The summed E-state index contributed by atoms with van der Waals surface area (Å²) < 4.78 is 5.99. The minimum atomic E-state index is -1.04. The monoisotopic (exact) mass is 389 g/mol. The Bertz CT molecular complexity index is 773. The number of hydrogen-bond acceptors (Lipinski definition) is 5. The zero-order chi connectivity index (χ0) is 18.4. The number of carbonyl (C=O) groups excluding carboxylic acids is 1. The van der Waals surface area contributed by atoms with Crippen molar-refractivity contribution < 1.29 is 19.4 Å². The maximum atomic E-state index is 12.0. The van der Waals surface area contributed by atoms with Gasteiger partial charge in [-0.3, -0.25) is 4.79 Å². The van der Waals surface area contributed by atoms with Crippen molar-refractivity contribution in [3.05, 3.63) is 59.7 Å². The average molecular weight is 389 g/mol. The molecule has 2 aromatic carbocycles. The van der Waals surface area contributed by atoms with E-state index in [1.807, 2.05) is 47.8 Å². The second kappa shape index (κ2) is 9.00. The molecule has 0 spiro atoms. The fraction of sp³-hybridized carbons (Fsp3) is 0.263. The van der Waals surface area contributed by atoms with Crippen molar-refractivity contribution in [2.24, 2.45) is 0 Å². The quantitative estimate of drug-likeness (QED) is 0.768. The zero-order valence-corrected chi connectivity index (χ0v) is 15.6. The van der Waals surface area contributed by atoms with E-state index < -0.39 is 5.97 Å². The molecule has 3 rings (SSSR count). The van der Waals surface area contributed by atoms with Crippen LogP contribution in [0.15, 0.2) is 48.5 Å². The average Bonchev–Trinajstić information content (AvgIpc) is 2.68. The lowest BCUT2D eigenvalue weighted by molar-refractivity contribution is -0.118. The van der Waals surface area contributed by atoms with Gasteiger partial charge in [-0.05, 0) is 53.8 Å². The molecule has 1 heterocycles. The summed E-state index contributed by atoms with van der Waals surface area (Å²) >= 11 is 3.92. The first-order valence-corrected chi connectivity index (χ1v) is 10.3. The van der Waals surface area contributed by atoms with Gasteiger partial charge in [0, 0.05) is 5.69 Å². The van der Waals surface area contributed by atoms with Crippen molar-refractivity contribution in [1.82, 2.24) is 0 Å². The Morgan fingerprint density at radius 2 is 1.85 bits per heavy atom. The van der Waals surface area contributed by atoms with E-state index in [1.54, 1.807) is 12.1 Å². The smallest absolute Gasteiger partial charge is 0.335 e. The van der Waals surface area contributed by atoms with E-state index in [2.05, 4.69) is 5.32 Å². The lowest BCUT2D eigenvalue weighted by Crippen LogP contribution is -2.20. The molecule has 1 amide bonds. The van der Waals surface area contributed by atoms with Gasteiger partial charge in [0.05, 0.1) is 10.1 Å². The minimum absolute atomic E-state index is 0.123. The van der Waals surface area contributed by atoms with Crippen LogP contribution in [0.5, 0.6) is 5.75 Å². The molecule has 1 aliphatic rings. The molecule has 0 bridgehead atoms. The number of carbonyl (C=O) groups is 2. The van der Waals surface area contributed by atoms with Gasteiger partial charge in [0.15, 0.2) is 6.61 Å². The highest BCUT2D eigenvalue weighted by atomic mass is 32.2. The van der Waals surface area contributed by atoms with Crippen molar-refractivity contribution in [2.75, 3.05) is 23.4 Å². The first-order valence-electron chi connectivity index (χ1n) is 8.21. The van der Waals surface area contributed by atoms with E-state index in [0.717, 1.165) is 0 Å². The maximum absolute atomic E-state index is 12.0. The van der Waals surface area contributed by atoms with Crippen LogP contribution in [0.2, 0.25) is 0 Å². The third-order valence-electron chi connectivity index (χ3n) is 3.74. The number of hydrogen-bond donors (Lipinski definition) is 2. The van der Waals surface area contributed by atoms with Crippen molar-refractivity contribution in [3.63, 3.8) is 0 Å². The molecule has 0 unspecified atom stereocenters. The third kappa shape index (κ3) is 5.19. The van der Waals surface area contributed by atoms with Crippen molar-refractivity contribution in [1.29, 1.82) is 0 Å². The molecule has 0 radical (unpaired) electrons. The van der Waals surface area contributed by atoms with Crippen LogP contribution in [-0.4, -0.2) is 35.1 Å². The molecule has 1 aliphatic heterocycles. The van der Waals surface area contributed by atoms with Crippen LogP contribution in [0.4, 0.5) is 5.69 Å². The predicted octanol–water partition coefficient (Wildman–Crippen LogP) is 4.27. The van der Waals surface area contributed by atoms with Crippen LogP contribution in [0.1, 0.15) is 26.9 Å². The molecule has 26 heavy (non-hydrogen) atoms. The Hall–Kier alpha value is -2.12. The topological polar surface area (TPSA) is 75.6 Å². The molecule has 136 valence electrons. The van der Waals surface area contributed by atoms with E-state index in [0.29, 0.717) is 16.0 Å². The summed E-state index contributed by atoms with van der Waals surface area (Å²) in [7, 11) is 0. The number of thioether (sulfide) groups is 2. The molecule has 0 aromatic heterocycles. The molecule has 1 saturated heterocycles. The maximum Gasteiger partial charge on any atom is 0.335 e. The van der Waals surface area contributed by atoms with E-state index in [9.17, 15) is 9.59 Å². The molecule has 5 nitrogen and oxygen atoms in total. The number of benzene rings is 2. The summed E-state index contributed by atoms with van der Waals surface area (Å²) in [6.45, 7) is -0.135. The summed E-state index contributed by atoms with van der Waals surface area (Å²) in [6.07, 6.45) is 1.26. The predicted molar refractivity (Wildman–Crippen MR) is 106 cm³/mol. The second-order valence-corrected chi connectivity index (χ2v) is 8.44. The van der Waals surface area contributed by atoms with Gasteiger partial charge in [0.1, 0.15) is 5.75 Å². The Labute approximate surface area is 160 Å². The lowest BCUT2D eigenvalue weighted by atomic mass is 10.2. The van der Waals surface area contributed by atoms with E-state index in [1.165, 1.54) is 35.6 Å². The van der Waals surface area contributed by atoms with Gasteiger partial charge in [-0.2, -0.15) is 0 Å². The first-order chi connectivity index (χ1) is 12.6. The highest BCUT2D eigenvalue weighted by Crippen LogP contribution is 2.43. The van der Waals surface area contributed by atoms with Crippen LogP contribution >= 0.6 is 23.5 Å². The van der Waals surface area contributed by atoms with E-state index >= 15 is 0 Å². The lowest BCUT2D eigenvalue weighted by Gasteiger charge is -2.21. The summed E-state index contributed by atoms with van der Waals surface area (Å²) in [5.74, 6) is 1.65. The molecule has 2 N–H and O–H groups in total. The van der Waals surface area contributed by atoms with Crippen LogP contribution in [0.25, 0.3) is 0 Å². The largest absolute Gasteiger partial charge is 0.484 e. The van der Waals surface area contributed by atoms with E-state index in [-0.39, 0.29) is 18.1 Å². The highest BCUT2D eigenvalue weighted by molar-refractivity contribution is 8.16. The summed E-state index contributed by atoms with van der Waals surface area (Å²) in [6, 6.07) is 13.9. The summed E-state index contributed by atoms with van der Waals surface area (Å²) in [5.41, 5.74) is 1.82. The van der Waals surface area contributed by atoms with Crippen LogP contribution in [0, 0.1) is 0 Å². The first kappa shape index (κ1) is 18.7. The van der Waals surface area contributed by atoms with Crippen molar-refractivity contribution in [2.45, 2.75) is 11.0 Å². The highest BCUT2D eigenvalue weighted by Gasteiger charge is 2.16. The fourth-order valence-electron chi connectivity index (χ4n) is 2.48. The summed E-state index contributed by atoms with van der Waals surface area (Å²) in [4.78, 5) is 22.9. The normalized spacial score (nSPS) is 14.6. The number of amides is 1. The second-order valence-electron chi connectivity index (χ2n) is 5.72. The Kier molecular flexibility index (Phi) is 6.46. The van der Waals surface area contributed by atoms with Gasteiger partial charge < -0.3 is 15.2 Å². The number of anilines is 1.